The van der Waals surface area contributed by atoms with E-state index in [0.29, 0.717) is 12.6 Å². The minimum Gasteiger partial charge on any atom is -0.383 e. The Morgan fingerprint density at radius 3 is 2.53 bits per heavy atom. The van der Waals surface area contributed by atoms with Crippen molar-refractivity contribution in [2.75, 3.05) is 26.8 Å². The standard InChI is InChI=1S/C15H25BrN2O/c1-11(2)18(7-8-19-4)15(10-17)13-6-5-12(3)14(16)9-13/h5-6,9,11,15H,7-8,10,17H2,1-4H3. The molecule has 19 heavy (non-hydrogen) atoms. The van der Waals surface area contributed by atoms with Gasteiger partial charge in [-0.1, -0.05) is 28.1 Å². The largest absolute Gasteiger partial charge is 0.383 e. The van der Waals surface area contributed by atoms with E-state index in [1.165, 1.54) is 11.1 Å². The third-order valence-corrected chi connectivity index (χ3v) is 4.28. The summed E-state index contributed by atoms with van der Waals surface area (Å²) in [4.78, 5) is 2.39. The first-order valence-corrected chi connectivity index (χ1v) is 7.51. The average molecular weight is 329 g/mol. The van der Waals surface area contributed by atoms with E-state index in [-0.39, 0.29) is 6.04 Å². The number of hydrogen-bond acceptors (Lipinski definition) is 3. The number of aryl methyl sites for hydroxylation is 1. The van der Waals surface area contributed by atoms with Crippen LogP contribution in [0.1, 0.15) is 31.0 Å². The quantitative estimate of drug-likeness (QED) is 0.835. The molecule has 1 unspecified atom stereocenters. The van der Waals surface area contributed by atoms with E-state index in [1.54, 1.807) is 7.11 Å². The summed E-state index contributed by atoms with van der Waals surface area (Å²) in [5.74, 6) is 0. The molecule has 0 radical (unpaired) electrons. The fourth-order valence-electron chi connectivity index (χ4n) is 2.25. The van der Waals surface area contributed by atoms with E-state index in [0.717, 1.165) is 17.6 Å². The van der Waals surface area contributed by atoms with Gasteiger partial charge in [-0.25, -0.2) is 0 Å². The molecule has 2 N–H and O–H groups in total. The highest BCUT2D eigenvalue weighted by Gasteiger charge is 2.21. The van der Waals surface area contributed by atoms with Crippen LogP contribution in [0.25, 0.3) is 0 Å². The van der Waals surface area contributed by atoms with Crippen molar-refractivity contribution in [3.8, 4) is 0 Å². The van der Waals surface area contributed by atoms with Crippen LogP contribution in [0.4, 0.5) is 0 Å². The van der Waals surface area contributed by atoms with Gasteiger partial charge in [0.25, 0.3) is 0 Å². The molecule has 0 fully saturated rings. The van der Waals surface area contributed by atoms with Gasteiger partial charge in [-0.15, -0.1) is 0 Å². The van der Waals surface area contributed by atoms with Gasteiger partial charge in [0.15, 0.2) is 0 Å². The van der Waals surface area contributed by atoms with Crippen molar-refractivity contribution in [1.29, 1.82) is 0 Å². The number of benzene rings is 1. The zero-order valence-electron chi connectivity index (χ0n) is 12.3. The number of halogens is 1. The number of nitrogens with zero attached hydrogens (tertiary/aromatic N) is 1. The highest BCUT2D eigenvalue weighted by atomic mass is 79.9. The molecule has 3 nitrogen and oxygen atoms in total. The van der Waals surface area contributed by atoms with Crippen LogP contribution in [-0.4, -0.2) is 37.7 Å². The summed E-state index contributed by atoms with van der Waals surface area (Å²) in [5, 5.41) is 0. The first-order chi connectivity index (χ1) is 9.01. The molecule has 108 valence electrons. The Labute approximate surface area is 125 Å². The van der Waals surface area contributed by atoms with Crippen LogP contribution in [0.5, 0.6) is 0 Å². The topological polar surface area (TPSA) is 38.5 Å². The van der Waals surface area contributed by atoms with E-state index in [1.807, 2.05) is 0 Å². The third kappa shape index (κ3) is 4.56. The monoisotopic (exact) mass is 328 g/mol. The summed E-state index contributed by atoms with van der Waals surface area (Å²) >= 11 is 3.60. The van der Waals surface area contributed by atoms with Gasteiger partial charge in [0.1, 0.15) is 0 Å². The van der Waals surface area contributed by atoms with Gasteiger partial charge < -0.3 is 10.5 Å². The Kier molecular flexibility index (Phi) is 7.00. The minimum absolute atomic E-state index is 0.229. The number of nitrogens with two attached hydrogens (primary N) is 1. The Bertz CT molecular complexity index is 396. The molecule has 0 aliphatic rings. The predicted molar refractivity (Wildman–Crippen MR) is 84.4 cm³/mol. The lowest BCUT2D eigenvalue weighted by Gasteiger charge is -2.34. The molecule has 0 bridgehead atoms. The number of ether oxygens (including phenoxy) is 1. The molecular weight excluding hydrogens is 304 g/mol. The smallest absolute Gasteiger partial charge is 0.0590 e. The number of methoxy groups -OCH3 is 1. The van der Waals surface area contributed by atoms with Crippen LogP contribution in [0.15, 0.2) is 22.7 Å². The predicted octanol–water partition coefficient (Wildman–Crippen LogP) is 3.11. The van der Waals surface area contributed by atoms with E-state index in [4.69, 9.17) is 10.5 Å². The van der Waals surface area contributed by atoms with Crippen LogP contribution in [0, 0.1) is 6.92 Å². The summed E-state index contributed by atoms with van der Waals surface area (Å²) in [5.41, 5.74) is 8.50. The molecular formula is C15H25BrN2O. The summed E-state index contributed by atoms with van der Waals surface area (Å²) in [6.45, 7) is 8.71. The Morgan fingerprint density at radius 2 is 2.05 bits per heavy atom. The van der Waals surface area contributed by atoms with Crippen molar-refractivity contribution < 1.29 is 4.74 Å². The van der Waals surface area contributed by atoms with Gasteiger partial charge >= 0.3 is 0 Å². The van der Waals surface area contributed by atoms with E-state index >= 15 is 0 Å². The fraction of sp³-hybridized carbons (Fsp3) is 0.600. The van der Waals surface area contributed by atoms with Crippen molar-refractivity contribution in [1.82, 2.24) is 4.90 Å². The summed E-state index contributed by atoms with van der Waals surface area (Å²) < 4.78 is 6.34. The van der Waals surface area contributed by atoms with Crippen molar-refractivity contribution in [2.24, 2.45) is 5.73 Å². The van der Waals surface area contributed by atoms with E-state index in [9.17, 15) is 0 Å². The van der Waals surface area contributed by atoms with Crippen molar-refractivity contribution in [2.45, 2.75) is 32.9 Å². The Morgan fingerprint density at radius 1 is 1.37 bits per heavy atom. The molecule has 0 aliphatic heterocycles. The van der Waals surface area contributed by atoms with Crippen molar-refractivity contribution in [3.63, 3.8) is 0 Å². The summed E-state index contributed by atoms with van der Waals surface area (Å²) in [6, 6.07) is 7.14. The molecule has 1 rings (SSSR count). The zero-order chi connectivity index (χ0) is 14.4. The van der Waals surface area contributed by atoms with Gasteiger partial charge in [0.2, 0.25) is 0 Å². The molecule has 4 heteroatoms. The van der Waals surface area contributed by atoms with Gasteiger partial charge in [-0.05, 0) is 38.0 Å². The molecule has 0 heterocycles. The maximum atomic E-state index is 6.01. The second-order valence-corrected chi connectivity index (χ2v) is 5.94. The van der Waals surface area contributed by atoms with Crippen LogP contribution < -0.4 is 5.73 Å². The SMILES string of the molecule is COCCN(C(C)C)C(CN)c1ccc(C)c(Br)c1. The molecule has 0 amide bonds. The van der Waals surface area contributed by atoms with E-state index < -0.39 is 0 Å². The van der Waals surface area contributed by atoms with Crippen LogP contribution >= 0.6 is 15.9 Å². The van der Waals surface area contributed by atoms with Gasteiger partial charge in [-0.2, -0.15) is 0 Å². The molecule has 0 saturated heterocycles. The molecule has 0 spiro atoms. The normalized spacial score (nSPS) is 13.3. The minimum atomic E-state index is 0.229. The first kappa shape index (κ1) is 16.6. The highest BCUT2D eigenvalue weighted by molar-refractivity contribution is 9.10. The summed E-state index contributed by atoms with van der Waals surface area (Å²) in [7, 11) is 1.73. The number of hydrogen-bond donors (Lipinski definition) is 1. The Balaban J connectivity index is 2.97. The molecule has 0 saturated carbocycles. The van der Waals surface area contributed by atoms with Crippen LogP contribution in [0.2, 0.25) is 0 Å². The second-order valence-electron chi connectivity index (χ2n) is 5.08. The van der Waals surface area contributed by atoms with Crippen molar-refractivity contribution in [3.05, 3.63) is 33.8 Å². The molecule has 0 aliphatic carbocycles. The first-order valence-electron chi connectivity index (χ1n) is 6.72. The van der Waals surface area contributed by atoms with Gasteiger partial charge in [-0.3, -0.25) is 4.90 Å². The highest BCUT2D eigenvalue weighted by Crippen LogP contribution is 2.26. The fourth-order valence-corrected chi connectivity index (χ4v) is 2.65. The van der Waals surface area contributed by atoms with Gasteiger partial charge in [0, 0.05) is 36.8 Å². The molecule has 1 atom stereocenters. The summed E-state index contributed by atoms with van der Waals surface area (Å²) in [6.07, 6.45) is 0. The molecule has 0 aromatic heterocycles. The zero-order valence-corrected chi connectivity index (χ0v) is 13.9. The molecule has 1 aromatic rings. The van der Waals surface area contributed by atoms with Crippen LogP contribution in [0.3, 0.4) is 0 Å². The maximum absolute atomic E-state index is 6.01. The van der Waals surface area contributed by atoms with Crippen LogP contribution in [-0.2, 0) is 4.74 Å². The lowest BCUT2D eigenvalue weighted by Crippen LogP contribution is -2.40. The molecule has 1 aromatic carbocycles. The second kappa shape index (κ2) is 8.00. The van der Waals surface area contributed by atoms with Crippen molar-refractivity contribution >= 4 is 15.9 Å². The van der Waals surface area contributed by atoms with E-state index in [2.05, 4.69) is 59.8 Å². The lowest BCUT2D eigenvalue weighted by molar-refractivity contribution is 0.0979. The van der Waals surface area contributed by atoms with Gasteiger partial charge in [0.05, 0.1) is 6.61 Å². The average Bonchev–Trinajstić information content (AvgIpc) is 2.37. The third-order valence-electron chi connectivity index (χ3n) is 3.42. The Hall–Kier alpha value is -0.420. The lowest BCUT2D eigenvalue weighted by atomic mass is 10.0. The number of rotatable bonds is 7. The maximum Gasteiger partial charge on any atom is 0.0590 e.